The van der Waals surface area contributed by atoms with E-state index in [0.717, 1.165) is 6.07 Å². The smallest absolute Gasteiger partial charge is 0.317 e. The molecule has 0 spiro atoms. The molecule has 0 heterocycles. The van der Waals surface area contributed by atoms with Crippen molar-refractivity contribution >= 4 is 23.4 Å². The van der Waals surface area contributed by atoms with Gasteiger partial charge in [0.1, 0.15) is 5.82 Å². The third-order valence-electron chi connectivity index (χ3n) is 2.15. The number of benzene rings is 1. The van der Waals surface area contributed by atoms with Crippen LogP contribution >= 0.6 is 11.6 Å². The summed E-state index contributed by atoms with van der Waals surface area (Å²) in [7, 11) is 0. The summed E-state index contributed by atoms with van der Waals surface area (Å²) in [6, 6.07) is 2.86. The first-order valence-electron chi connectivity index (χ1n) is 4.86. The van der Waals surface area contributed by atoms with E-state index in [9.17, 15) is 14.0 Å². The fourth-order valence-corrected chi connectivity index (χ4v) is 1.42. The number of nitrogens with one attached hydrogen (secondary N) is 1. The SMILES string of the molecule is CC(NCC(=O)O)C(=O)c1cc(Cl)ccc1F. The number of carbonyl (C=O) groups excluding carboxylic acids is 1. The first kappa shape index (κ1) is 13.6. The summed E-state index contributed by atoms with van der Waals surface area (Å²) in [5.41, 5.74) is -0.150. The van der Waals surface area contributed by atoms with Crippen molar-refractivity contribution < 1.29 is 19.1 Å². The predicted molar refractivity (Wildman–Crippen MR) is 60.8 cm³/mol. The second-order valence-electron chi connectivity index (χ2n) is 3.48. The third kappa shape index (κ3) is 3.80. The van der Waals surface area contributed by atoms with Gasteiger partial charge in [0.15, 0.2) is 5.78 Å². The van der Waals surface area contributed by atoms with Gasteiger partial charge in [-0.1, -0.05) is 11.6 Å². The lowest BCUT2D eigenvalue weighted by atomic mass is 10.0. The molecule has 1 aromatic rings. The summed E-state index contributed by atoms with van der Waals surface area (Å²) in [6.07, 6.45) is 0. The molecule has 92 valence electrons. The van der Waals surface area contributed by atoms with Crippen LogP contribution < -0.4 is 5.32 Å². The van der Waals surface area contributed by atoms with E-state index in [4.69, 9.17) is 16.7 Å². The second kappa shape index (κ2) is 5.75. The highest BCUT2D eigenvalue weighted by Crippen LogP contribution is 2.16. The molecule has 1 aromatic carbocycles. The Morgan fingerprint density at radius 1 is 1.53 bits per heavy atom. The molecule has 6 heteroatoms. The maximum atomic E-state index is 13.4. The molecule has 0 saturated carbocycles. The molecule has 1 atom stereocenters. The van der Waals surface area contributed by atoms with E-state index in [0.29, 0.717) is 0 Å². The molecule has 0 amide bonds. The van der Waals surface area contributed by atoms with Crippen molar-refractivity contribution in [1.29, 1.82) is 0 Å². The zero-order valence-electron chi connectivity index (χ0n) is 9.04. The van der Waals surface area contributed by atoms with E-state index >= 15 is 0 Å². The average molecular weight is 260 g/mol. The lowest BCUT2D eigenvalue weighted by Gasteiger charge is -2.11. The van der Waals surface area contributed by atoms with Gasteiger partial charge in [0.05, 0.1) is 18.2 Å². The number of hydrogen-bond acceptors (Lipinski definition) is 3. The van der Waals surface area contributed by atoms with Crippen LogP contribution in [0.2, 0.25) is 5.02 Å². The summed E-state index contributed by atoms with van der Waals surface area (Å²) in [4.78, 5) is 22.1. The summed E-state index contributed by atoms with van der Waals surface area (Å²) in [5.74, 6) is -2.30. The molecule has 0 bridgehead atoms. The number of ketones is 1. The van der Waals surface area contributed by atoms with E-state index in [1.807, 2.05) is 0 Å². The van der Waals surface area contributed by atoms with Gasteiger partial charge in [0.25, 0.3) is 0 Å². The van der Waals surface area contributed by atoms with Gasteiger partial charge in [-0.25, -0.2) is 4.39 Å². The van der Waals surface area contributed by atoms with Gasteiger partial charge in [-0.3, -0.25) is 14.9 Å². The molecule has 0 radical (unpaired) electrons. The highest BCUT2D eigenvalue weighted by Gasteiger charge is 2.19. The van der Waals surface area contributed by atoms with Crippen LogP contribution in [0.25, 0.3) is 0 Å². The Bertz CT molecular complexity index is 450. The van der Waals surface area contributed by atoms with Crippen LogP contribution in [0, 0.1) is 5.82 Å². The zero-order chi connectivity index (χ0) is 13.0. The largest absolute Gasteiger partial charge is 0.480 e. The first-order valence-corrected chi connectivity index (χ1v) is 5.24. The molecular weight excluding hydrogens is 249 g/mol. The highest BCUT2D eigenvalue weighted by molar-refractivity contribution is 6.31. The van der Waals surface area contributed by atoms with Crippen molar-refractivity contribution in [2.45, 2.75) is 13.0 Å². The third-order valence-corrected chi connectivity index (χ3v) is 2.38. The fourth-order valence-electron chi connectivity index (χ4n) is 1.25. The number of rotatable bonds is 5. The maximum Gasteiger partial charge on any atom is 0.317 e. The minimum absolute atomic E-state index is 0.150. The quantitative estimate of drug-likeness (QED) is 0.791. The molecule has 0 aliphatic rings. The van der Waals surface area contributed by atoms with Crippen LogP contribution in [0.5, 0.6) is 0 Å². The maximum absolute atomic E-state index is 13.4. The Balaban J connectivity index is 2.81. The van der Waals surface area contributed by atoms with Crippen molar-refractivity contribution in [3.63, 3.8) is 0 Å². The lowest BCUT2D eigenvalue weighted by molar-refractivity contribution is -0.136. The Morgan fingerprint density at radius 2 is 2.18 bits per heavy atom. The molecule has 1 rings (SSSR count). The van der Waals surface area contributed by atoms with Crippen LogP contribution in [0.4, 0.5) is 4.39 Å². The van der Waals surface area contributed by atoms with Gasteiger partial charge < -0.3 is 5.11 Å². The van der Waals surface area contributed by atoms with Crippen LogP contribution in [-0.4, -0.2) is 29.4 Å². The fraction of sp³-hybridized carbons (Fsp3) is 0.273. The Kier molecular flexibility index (Phi) is 4.60. The first-order chi connectivity index (χ1) is 7.91. The standard InChI is InChI=1S/C11H11ClFNO3/c1-6(14-5-10(15)16)11(17)8-4-7(12)2-3-9(8)13/h2-4,6,14H,5H2,1H3,(H,15,16). The summed E-state index contributed by atoms with van der Waals surface area (Å²) >= 11 is 5.66. The number of carboxylic acids is 1. The number of aliphatic carboxylic acids is 1. The Morgan fingerprint density at radius 3 is 2.76 bits per heavy atom. The molecule has 2 N–H and O–H groups in total. The van der Waals surface area contributed by atoms with Crippen molar-refractivity contribution in [1.82, 2.24) is 5.32 Å². The van der Waals surface area contributed by atoms with Crippen molar-refractivity contribution in [2.75, 3.05) is 6.54 Å². The minimum Gasteiger partial charge on any atom is -0.480 e. The lowest BCUT2D eigenvalue weighted by Crippen LogP contribution is -2.37. The van der Waals surface area contributed by atoms with Crippen LogP contribution in [0.3, 0.4) is 0 Å². The van der Waals surface area contributed by atoms with Gasteiger partial charge in [-0.15, -0.1) is 0 Å². The number of Topliss-reactive ketones (excluding diaryl/α,β-unsaturated/α-hetero) is 1. The Hall–Kier alpha value is -1.46. The minimum atomic E-state index is -1.09. The van der Waals surface area contributed by atoms with Crippen LogP contribution in [-0.2, 0) is 4.79 Å². The number of hydrogen-bond donors (Lipinski definition) is 2. The average Bonchev–Trinajstić information content (AvgIpc) is 2.28. The summed E-state index contributed by atoms with van der Waals surface area (Å²) in [5, 5.41) is 11.2. The topological polar surface area (TPSA) is 66.4 Å². The van der Waals surface area contributed by atoms with Gasteiger partial charge in [0.2, 0.25) is 0 Å². The van der Waals surface area contributed by atoms with E-state index < -0.39 is 23.6 Å². The van der Waals surface area contributed by atoms with E-state index in [1.165, 1.54) is 19.1 Å². The molecule has 0 aromatic heterocycles. The molecule has 0 aliphatic carbocycles. The van der Waals surface area contributed by atoms with Crippen LogP contribution in [0.1, 0.15) is 17.3 Å². The van der Waals surface area contributed by atoms with Gasteiger partial charge in [-0.2, -0.15) is 0 Å². The molecule has 0 fully saturated rings. The normalized spacial score (nSPS) is 12.2. The zero-order valence-corrected chi connectivity index (χ0v) is 9.79. The highest BCUT2D eigenvalue weighted by atomic mass is 35.5. The molecular formula is C11H11ClFNO3. The van der Waals surface area contributed by atoms with E-state index in [-0.39, 0.29) is 17.1 Å². The predicted octanol–water partition coefficient (Wildman–Crippen LogP) is 1.72. The van der Waals surface area contributed by atoms with Crippen LogP contribution in [0.15, 0.2) is 18.2 Å². The number of carboxylic acid groups (broad SMARTS) is 1. The van der Waals surface area contributed by atoms with Gasteiger partial charge in [0, 0.05) is 5.02 Å². The Labute approximate surface area is 102 Å². The van der Waals surface area contributed by atoms with Gasteiger partial charge in [-0.05, 0) is 25.1 Å². The van der Waals surface area contributed by atoms with Crippen molar-refractivity contribution in [3.05, 3.63) is 34.6 Å². The monoisotopic (exact) mass is 259 g/mol. The van der Waals surface area contributed by atoms with E-state index in [2.05, 4.69) is 5.32 Å². The number of halogens is 2. The second-order valence-corrected chi connectivity index (χ2v) is 3.92. The molecule has 4 nitrogen and oxygen atoms in total. The summed E-state index contributed by atoms with van der Waals surface area (Å²) in [6.45, 7) is 1.10. The molecule has 0 aliphatic heterocycles. The molecule has 0 saturated heterocycles. The van der Waals surface area contributed by atoms with Crippen molar-refractivity contribution in [2.24, 2.45) is 0 Å². The van der Waals surface area contributed by atoms with Gasteiger partial charge >= 0.3 is 5.97 Å². The molecule has 17 heavy (non-hydrogen) atoms. The van der Waals surface area contributed by atoms with Crippen molar-refractivity contribution in [3.8, 4) is 0 Å². The van der Waals surface area contributed by atoms with E-state index in [1.54, 1.807) is 0 Å². The molecule has 1 unspecified atom stereocenters. The summed E-state index contributed by atoms with van der Waals surface area (Å²) < 4.78 is 13.4. The number of carbonyl (C=O) groups is 2.